The minimum Gasteiger partial charge on any atom is -0.384 e. The molecule has 2 aromatic carbocycles. The van der Waals surface area contributed by atoms with Crippen LogP contribution in [0.1, 0.15) is 15.9 Å². The first kappa shape index (κ1) is 15.2. The summed E-state index contributed by atoms with van der Waals surface area (Å²) in [5.74, 6) is -0.412. The molecule has 0 unspecified atom stereocenters. The van der Waals surface area contributed by atoms with Crippen LogP contribution in [-0.2, 0) is 11.3 Å². The van der Waals surface area contributed by atoms with Crippen LogP contribution in [0.25, 0.3) is 0 Å². The van der Waals surface area contributed by atoms with E-state index in [4.69, 9.17) is 17.1 Å². The summed E-state index contributed by atoms with van der Waals surface area (Å²) in [5, 5.41) is 9.87. The number of carbonyl (C=O) groups is 1. The van der Waals surface area contributed by atoms with Gasteiger partial charge in [-0.1, -0.05) is 48.5 Å². The molecule has 5 heteroatoms. The Morgan fingerprint density at radius 2 is 1.67 bits per heavy atom. The van der Waals surface area contributed by atoms with E-state index in [1.54, 1.807) is 24.3 Å². The minimum absolute atomic E-state index is 0.0665. The van der Waals surface area contributed by atoms with E-state index < -0.39 is 12.0 Å². The number of rotatable bonds is 4. The van der Waals surface area contributed by atoms with Crippen molar-refractivity contribution >= 4 is 23.2 Å². The van der Waals surface area contributed by atoms with Crippen LogP contribution in [0.2, 0.25) is 0 Å². The van der Waals surface area contributed by atoms with E-state index in [-0.39, 0.29) is 5.05 Å². The Labute approximate surface area is 128 Å². The Hall–Kier alpha value is -2.24. The third-order valence-corrected chi connectivity index (χ3v) is 3.18. The third kappa shape index (κ3) is 4.66. The van der Waals surface area contributed by atoms with Crippen LogP contribution >= 0.6 is 12.2 Å². The van der Waals surface area contributed by atoms with Gasteiger partial charge in [0.1, 0.15) is 6.10 Å². The molecule has 0 aliphatic carbocycles. The highest BCUT2D eigenvalue weighted by Crippen LogP contribution is 2.05. The van der Waals surface area contributed by atoms with Gasteiger partial charge in [-0.2, -0.15) is 5.48 Å². The monoisotopic (exact) mass is 301 g/mol. The molecule has 0 spiro atoms. The highest BCUT2D eigenvalue weighted by Gasteiger charge is 2.15. The summed E-state index contributed by atoms with van der Waals surface area (Å²) in [6.45, 7) is 0. The molecule has 0 aromatic heterocycles. The summed E-state index contributed by atoms with van der Waals surface area (Å²) < 4.78 is 0. The van der Waals surface area contributed by atoms with Crippen LogP contribution < -0.4 is 5.48 Å². The van der Waals surface area contributed by atoms with Crippen LogP contribution in [0.5, 0.6) is 0 Å². The Morgan fingerprint density at radius 1 is 1.10 bits per heavy atom. The lowest BCUT2D eigenvalue weighted by atomic mass is 10.1. The number of amides is 1. The highest BCUT2D eigenvalue weighted by molar-refractivity contribution is 7.80. The molecule has 0 bridgehead atoms. The van der Waals surface area contributed by atoms with Gasteiger partial charge in [-0.05, 0) is 29.9 Å². The van der Waals surface area contributed by atoms with Crippen molar-refractivity contribution in [3.05, 3.63) is 71.8 Å². The van der Waals surface area contributed by atoms with E-state index in [1.807, 2.05) is 36.4 Å². The van der Waals surface area contributed by atoms with Gasteiger partial charge in [0.05, 0.1) is 0 Å². The van der Waals surface area contributed by atoms with Gasteiger partial charge in [-0.15, -0.1) is 0 Å². The summed E-state index contributed by atoms with van der Waals surface area (Å²) in [6, 6.07) is 18.0. The molecule has 2 N–H and O–H groups in total. The number of thiocarbonyl (C=S) groups is 1. The molecule has 2 rings (SSSR count). The molecule has 0 saturated heterocycles. The molecule has 1 atom stereocenters. The van der Waals surface area contributed by atoms with Crippen LogP contribution in [0, 0.1) is 0 Å². The average Bonchev–Trinajstić information content (AvgIpc) is 2.54. The smallest absolute Gasteiger partial charge is 0.283 e. The summed E-state index contributed by atoms with van der Waals surface area (Å²) in [7, 11) is 0. The van der Waals surface area contributed by atoms with Crippen molar-refractivity contribution in [1.82, 2.24) is 5.48 Å². The van der Waals surface area contributed by atoms with Crippen molar-refractivity contribution in [2.24, 2.45) is 0 Å². The number of aliphatic hydroxyl groups excluding tert-OH is 1. The molecule has 0 radical (unpaired) electrons. The van der Waals surface area contributed by atoms with Gasteiger partial charge >= 0.3 is 0 Å². The predicted octanol–water partition coefficient (Wildman–Crippen LogP) is 2.28. The van der Waals surface area contributed by atoms with E-state index in [0.717, 1.165) is 5.56 Å². The molecular weight excluding hydrogens is 286 g/mol. The van der Waals surface area contributed by atoms with Crippen LogP contribution in [0.15, 0.2) is 60.7 Å². The number of benzene rings is 2. The first-order valence-electron chi connectivity index (χ1n) is 6.45. The van der Waals surface area contributed by atoms with Crippen molar-refractivity contribution < 1.29 is 14.7 Å². The van der Waals surface area contributed by atoms with Gasteiger partial charge in [0.15, 0.2) is 0 Å². The van der Waals surface area contributed by atoms with Gasteiger partial charge in [-0.25, -0.2) is 0 Å². The van der Waals surface area contributed by atoms with E-state index in [9.17, 15) is 9.90 Å². The zero-order valence-electron chi connectivity index (χ0n) is 11.2. The molecule has 2 aromatic rings. The third-order valence-electron chi connectivity index (χ3n) is 2.82. The number of hydroxylamine groups is 1. The first-order chi connectivity index (χ1) is 10.2. The molecule has 0 aliphatic heterocycles. The first-order valence-corrected chi connectivity index (χ1v) is 6.85. The normalized spacial score (nSPS) is 11.5. The molecule has 108 valence electrons. The lowest BCUT2D eigenvalue weighted by molar-refractivity contribution is 0.0699. The van der Waals surface area contributed by atoms with Crippen molar-refractivity contribution in [2.75, 3.05) is 0 Å². The lowest BCUT2D eigenvalue weighted by Gasteiger charge is -2.13. The predicted molar refractivity (Wildman–Crippen MR) is 83.7 cm³/mol. The molecule has 4 nitrogen and oxygen atoms in total. The van der Waals surface area contributed by atoms with Gasteiger partial charge in [-0.3, -0.25) is 4.79 Å². The standard InChI is InChI=1S/C16H15NO3S/c18-14(11-12-7-3-1-4-8-12)16(21)20-17-15(19)13-9-5-2-6-10-13/h1-10,14,18H,11H2,(H,17,19)/t14-/m0/s1. The van der Waals surface area contributed by atoms with E-state index in [1.165, 1.54) is 0 Å². The van der Waals surface area contributed by atoms with Gasteiger partial charge in [0.2, 0.25) is 5.05 Å². The molecule has 1 amide bonds. The minimum atomic E-state index is -0.960. The number of nitrogens with one attached hydrogen (secondary N) is 1. The Balaban J connectivity index is 1.83. The number of aliphatic hydroxyl groups is 1. The fourth-order valence-electron chi connectivity index (χ4n) is 1.73. The Morgan fingerprint density at radius 3 is 2.29 bits per heavy atom. The van der Waals surface area contributed by atoms with Gasteiger partial charge in [0, 0.05) is 12.0 Å². The Bertz CT molecular complexity index is 601. The molecular formula is C16H15NO3S. The van der Waals surface area contributed by atoms with E-state index in [0.29, 0.717) is 12.0 Å². The van der Waals surface area contributed by atoms with Crippen LogP contribution in [0.3, 0.4) is 0 Å². The molecule has 0 heterocycles. The van der Waals surface area contributed by atoms with Crippen LogP contribution in [-0.4, -0.2) is 22.2 Å². The second kappa shape index (κ2) is 7.52. The molecule has 0 aliphatic rings. The summed E-state index contributed by atoms with van der Waals surface area (Å²) in [4.78, 5) is 16.7. The highest BCUT2D eigenvalue weighted by atomic mass is 32.1. The maximum absolute atomic E-state index is 11.8. The largest absolute Gasteiger partial charge is 0.384 e. The van der Waals surface area contributed by atoms with Crippen molar-refractivity contribution in [1.29, 1.82) is 0 Å². The van der Waals surface area contributed by atoms with Crippen molar-refractivity contribution in [3.63, 3.8) is 0 Å². The fourth-order valence-corrected chi connectivity index (χ4v) is 1.86. The molecule has 0 fully saturated rings. The topological polar surface area (TPSA) is 58.6 Å². The summed E-state index contributed by atoms with van der Waals surface area (Å²) in [5.41, 5.74) is 3.62. The molecule has 21 heavy (non-hydrogen) atoms. The lowest BCUT2D eigenvalue weighted by Crippen LogP contribution is -2.32. The zero-order chi connectivity index (χ0) is 15.1. The SMILES string of the molecule is O=C(NOC(=S)[C@@H](O)Cc1ccccc1)c1ccccc1. The summed E-state index contributed by atoms with van der Waals surface area (Å²) >= 11 is 4.96. The van der Waals surface area contributed by atoms with Crippen molar-refractivity contribution in [2.45, 2.75) is 12.5 Å². The maximum Gasteiger partial charge on any atom is 0.283 e. The quantitative estimate of drug-likeness (QED) is 0.672. The number of hydrogen-bond acceptors (Lipinski definition) is 4. The average molecular weight is 301 g/mol. The second-order valence-electron chi connectivity index (χ2n) is 4.42. The van der Waals surface area contributed by atoms with E-state index in [2.05, 4.69) is 5.48 Å². The molecule has 0 saturated carbocycles. The summed E-state index contributed by atoms with van der Waals surface area (Å²) in [6.07, 6.45) is -0.626. The maximum atomic E-state index is 11.8. The number of hydrogen-bond donors (Lipinski definition) is 2. The fraction of sp³-hybridized carbons (Fsp3) is 0.125. The zero-order valence-corrected chi connectivity index (χ0v) is 12.0. The van der Waals surface area contributed by atoms with Gasteiger partial charge in [0.25, 0.3) is 5.91 Å². The van der Waals surface area contributed by atoms with Crippen LogP contribution in [0.4, 0.5) is 0 Å². The van der Waals surface area contributed by atoms with Crippen molar-refractivity contribution in [3.8, 4) is 0 Å². The van der Waals surface area contributed by atoms with Gasteiger partial charge < -0.3 is 9.94 Å². The van der Waals surface area contributed by atoms with E-state index >= 15 is 0 Å². The Kier molecular flexibility index (Phi) is 5.43. The second-order valence-corrected chi connectivity index (χ2v) is 4.83. The number of carbonyl (C=O) groups excluding carboxylic acids is 1.